The highest BCUT2D eigenvalue weighted by molar-refractivity contribution is 6.05. The van der Waals surface area contributed by atoms with Crippen LogP contribution >= 0.6 is 0 Å². The predicted molar refractivity (Wildman–Crippen MR) is 103 cm³/mol. The molecule has 0 spiro atoms. The second-order valence-corrected chi connectivity index (χ2v) is 8.01. The van der Waals surface area contributed by atoms with Gasteiger partial charge in [0.2, 0.25) is 0 Å². The highest BCUT2D eigenvalue weighted by Gasteiger charge is 2.46. The van der Waals surface area contributed by atoms with E-state index >= 15 is 0 Å². The molecule has 3 N–H and O–H groups in total. The molecule has 0 aliphatic heterocycles. The minimum absolute atomic E-state index is 0.0758. The van der Waals surface area contributed by atoms with Crippen molar-refractivity contribution in [2.75, 3.05) is 12.4 Å². The second-order valence-electron chi connectivity index (χ2n) is 8.01. The highest BCUT2D eigenvalue weighted by atomic mass is 19.4. The summed E-state index contributed by atoms with van der Waals surface area (Å²) in [6, 6.07) is 2.58. The zero-order valence-corrected chi connectivity index (χ0v) is 16.8. The van der Waals surface area contributed by atoms with E-state index in [2.05, 4.69) is 15.4 Å². The van der Waals surface area contributed by atoms with Gasteiger partial charge in [0, 0.05) is 31.5 Å². The number of aromatic nitrogens is 3. The number of halogens is 3. The molecule has 2 aliphatic carbocycles. The topological polar surface area (TPSA) is 112 Å². The van der Waals surface area contributed by atoms with Gasteiger partial charge in [-0.3, -0.25) is 19.3 Å². The Hall–Kier alpha value is -2.95. The van der Waals surface area contributed by atoms with Gasteiger partial charge in [0.1, 0.15) is 17.0 Å². The molecule has 8 nitrogen and oxygen atoms in total. The van der Waals surface area contributed by atoms with Gasteiger partial charge in [-0.2, -0.15) is 18.3 Å². The minimum Gasteiger partial charge on any atom is -0.381 e. The Kier molecular flexibility index (Phi) is 5.46. The molecule has 0 bridgehead atoms. The van der Waals surface area contributed by atoms with E-state index < -0.39 is 29.2 Å². The van der Waals surface area contributed by atoms with E-state index in [0.717, 1.165) is 0 Å². The second kappa shape index (κ2) is 7.95. The quantitative estimate of drug-likeness (QED) is 0.692. The summed E-state index contributed by atoms with van der Waals surface area (Å²) in [5, 5.41) is 6.66. The molecule has 2 fully saturated rings. The summed E-state index contributed by atoms with van der Waals surface area (Å²) in [5.74, 6) is -1.98. The Morgan fingerprint density at radius 2 is 2.03 bits per heavy atom. The van der Waals surface area contributed by atoms with Gasteiger partial charge in [0.05, 0.1) is 11.8 Å². The van der Waals surface area contributed by atoms with Crippen LogP contribution in [0.25, 0.3) is 0 Å². The van der Waals surface area contributed by atoms with Crippen molar-refractivity contribution in [3.8, 4) is 0 Å². The molecule has 31 heavy (non-hydrogen) atoms. The number of hydrogen-bond acceptors (Lipinski definition) is 5. The normalized spacial score (nSPS) is 20.9. The molecule has 2 saturated carbocycles. The largest absolute Gasteiger partial charge is 0.420 e. The standard InChI is InChI=1S/C20H22F3N5O3/c1-31-13-6-10(7-13)9-28-17(15(20(21,22)23)16(27-28)11-2-3-11)19(30)26-12-4-5-25-14(8-12)18(24)29/h4-5,8,10-11,13H,2-3,6-7,9H2,1H3,(H2,24,29)(H,25,26,30)/t10-,13+. The molecule has 0 atom stereocenters. The number of nitrogens with one attached hydrogen (secondary N) is 1. The molecule has 2 aromatic rings. The van der Waals surface area contributed by atoms with E-state index in [1.807, 2.05) is 0 Å². The summed E-state index contributed by atoms with van der Waals surface area (Å²) in [4.78, 5) is 28.1. The monoisotopic (exact) mass is 437 g/mol. The molecule has 2 amide bonds. The van der Waals surface area contributed by atoms with Crippen LogP contribution in [0.5, 0.6) is 0 Å². The smallest absolute Gasteiger partial charge is 0.381 e. The van der Waals surface area contributed by atoms with Crippen LogP contribution in [0.4, 0.5) is 18.9 Å². The third-order valence-electron chi connectivity index (χ3n) is 5.67. The first-order chi connectivity index (χ1) is 14.7. The third kappa shape index (κ3) is 4.41. The Balaban J connectivity index is 1.69. The van der Waals surface area contributed by atoms with Crippen LogP contribution in [0.2, 0.25) is 0 Å². The van der Waals surface area contributed by atoms with Crippen LogP contribution in [0, 0.1) is 5.92 Å². The Morgan fingerprint density at radius 3 is 2.61 bits per heavy atom. The number of carbonyl (C=O) groups excluding carboxylic acids is 2. The number of amides is 2. The molecule has 0 radical (unpaired) electrons. The fourth-order valence-corrected chi connectivity index (χ4v) is 3.86. The van der Waals surface area contributed by atoms with Crippen LogP contribution in [0.15, 0.2) is 18.3 Å². The van der Waals surface area contributed by atoms with Crippen molar-refractivity contribution in [1.29, 1.82) is 0 Å². The van der Waals surface area contributed by atoms with Gasteiger partial charge in [0.15, 0.2) is 0 Å². The molecule has 0 unspecified atom stereocenters. The molecular weight excluding hydrogens is 415 g/mol. The lowest BCUT2D eigenvalue weighted by atomic mass is 9.82. The SMILES string of the molecule is CO[C@H]1C[C@@H](Cn2nc(C3CC3)c(C(F)(F)F)c2C(=O)Nc2ccnc(C(N)=O)c2)C1. The van der Waals surface area contributed by atoms with Crippen molar-refractivity contribution in [2.24, 2.45) is 11.7 Å². The maximum absolute atomic E-state index is 14.0. The van der Waals surface area contributed by atoms with E-state index in [4.69, 9.17) is 10.5 Å². The average Bonchev–Trinajstić information content (AvgIpc) is 3.44. The number of ether oxygens (including phenoxy) is 1. The lowest BCUT2D eigenvalue weighted by molar-refractivity contribution is -0.138. The maximum atomic E-state index is 14.0. The molecule has 2 heterocycles. The lowest BCUT2D eigenvalue weighted by Gasteiger charge is -2.34. The van der Waals surface area contributed by atoms with E-state index in [9.17, 15) is 22.8 Å². The third-order valence-corrected chi connectivity index (χ3v) is 5.67. The van der Waals surface area contributed by atoms with Crippen LogP contribution in [0.3, 0.4) is 0 Å². The van der Waals surface area contributed by atoms with Crippen molar-refractivity contribution >= 4 is 17.5 Å². The van der Waals surface area contributed by atoms with Gasteiger partial charge in [-0.1, -0.05) is 0 Å². The molecular formula is C20H22F3N5O3. The predicted octanol–water partition coefficient (Wildman–Crippen LogP) is 2.95. The van der Waals surface area contributed by atoms with Crippen molar-refractivity contribution in [3.05, 3.63) is 41.0 Å². The molecule has 4 rings (SSSR count). The Bertz CT molecular complexity index is 1010. The lowest BCUT2D eigenvalue weighted by Crippen LogP contribution is -2.34. The molecule has 11 heteroatoms. The van der Waals surface area contributed by atoms with Crippen molar-refractivity contribution < 1.29 is 27.5 Å². The number of methoxy groups -OCH3 is 1. The Labute approximate surface area is 176 Å². The molecule has 166 valence electrons. The van der Waals surface area contributed by atoms with Crippen LogP contribution in [-0.2, 0) is 17.5 Å². The number of hydrogen-bond donors (Lipinski definition) is 2. The maximum Gasteiger partial charge on any atom is 0.420 e. The molecule has 0 saturated heterocycles. The number of nitrogens with zero attached hydrogens (tertiary/aromatic N) is 3. The summed E-state index contributed by atoms with van der Waals surface area (Å²) in [5.41, 5.74) is 3.61. The van der Waals surface area contributed by atoms with Gasteiger partial charge >= 0.3 is 6.18 Å². The Morgan fingerprint density at radius 1 is 1.32 bits per heavy atom. The number of alkyl halides is 3. The number of pyridine rings is 1. The highest BCUT2D eigenvalue weighted by Crippen LogP contribution is 2.47. The van der Waals surface area contributed by atoms with Gasteiger partial charge in [-0.15, -0.1) is 0 Å². The summed E-state index contributed by atoms with van der Waals surface area (Å²) in [6.07, 6.45) is -0.786. The molecule has 0 aromatic carbocycles. The van der Waals surface area contributed by atoms with Gasteiger partial charge < -0.3 is 15.8 Å². The average molecular weight is 437 g/mol. The number of primary amides is 1. The fraction of sp³-hybridized carbons (Fsp3) is 0.500. The van der Waals surface area contributed by atoms with E-state index in [0.29, 0.717) is 25.7 Å². The van der Waals surface area contributed by atoms with E-state index in [1.165, 1.54) is 23.0 Å². The summed E-state index contributed by atoms with van der Waals surface area (Å²) in [6.45, 7) is 0.196. The number of anilines is 1. The fourth-order valence-electron chi connectivity index (χ4n) is 3.86. The van der Waals surface area contributed by atoms with Gasteiger partial charge in [-0.05, 0) is 43.7 Å². The minimum atomic E-state index is -4.73. The van der Waals surface area contributed by atoms with Crippen molar-refractivity contribution in [2.45, 2.75) is 50.4 Å². The van der Waals surface area contributed by atoms with E-state index in [1.54, 1.807) is 7.11 Å². The first-order valence-electron chi connectivity index (χ1n) is 9.95. The summed E-state index contributed by atoms with van der Waals surface area (Å²) < 4.78 is 48.4. The number of carbonyl (C=O) groups is 2. The molecule has 2 aliphatic rings. The zero-order chi connectivity index (χ0) is 22.3. The summed E-state index contributed by atoms with van der Waals surface area (Å²) >= 11 is 0. The van der Waals surface area contributed by atoms with Crippen LogP contribution in [0.1, 0.15) is 63.8 Å². The first-order valence-corrected chi connectivity index (χ1v) is 9.95. The van der Waals surface area contributed by atoms with E-state index in [-0.39, 0.29) is 41.6 Å². The zero-order valence-electron chi connectivity index (χ0n) is 16.8. The van der Waals surface area contributed by atoms with Gasteiger partial charge in [0.25, 0.3) is 11.8 Å². The van der Waals surface area contributed by atoms with Gasteiger partial charge in [-0.25, -0.2) is 0 Å². The van der Waals surface area contributed by atoms with Crippen LogP contribution in [-0.4, -0.2) is 39.8 Å². The van der Waals surface area contributed by atoms with Crippen LogP contribution < -0.4 is 11.1 Å². The van der Waals surface area contributed by atoms with Crippen molar-refractivity contribution in [3.63, 3.8) is 0 Å². The number of rotatable bonds is 7. The number of nitrogens with two attached hydrogens (primary N) is 1. The summed E-state index contributed by atoms with van der Waals surface area (Å²) in [7, 11) is 1.59. The first kappa shape index (κ1) is 21.3. The van der Waals surface area contributed by atoms with Crippen molar-refractivity contribution in [1.82, 2.24) is 14.8 Å². The molecule has 2 aromatic heterocycles.